The van der Waals surface area contributed by atoms with Crippen LogP contribution in [0.2, 0.25) is 0 Å². The Hall–Kier alpha value is -2.90. The molecule has 1 fully saturated rings. The van der Waals surface area contributed by atoms with Gasteiger partial charge in [-0.05, 0) is 24.5 Å². The Bertz CT molecular complexity index is 816. The number of nitrogens with one attached hydrogen (secondary N) is 2. The second kappa shape index (κ2) is 8.86. The van der Waals surface area contributed by atoms with Crippen molar-refractivity contribution in [3.63, 3.8) is 0 Å². The molecule has 0 unspecified atom stereocenters. The van der Waals surface area contributed by atoms with Crippen molar-refractivity contribution in [1.82, 2.24) is 20.8 Å². The SMILES string of the molecule is CCCc1cc(CNC(=O)c2ccc(N3CCNC(=O)[C@@H]3C(C)C)nc2)on1. The highest BCUT2D eigenvalue weighted by atomic mass is 16.5. The molecular formula is C20H27N5O3. The lowest BCUT2D eigenvalue weighted by atomic mass is 9.99. The van der Waals surface area contributed by atoms with Crippen molar-refractivity contribution in [2.24, 2.45) is 5.92 Å². The molecule has 1 atom stereocenters. The average Bonchev–Trinajstić information content (AvgIpc) is 3.13. The molecule has 8 heteroatoms. The number of carbonyl (C=O) groups is 2. The Balaban J connectivity index is 1.62. The summed E-state index contributed by atoms with van der Waals surface area (Å²) in [7, 11) is 0. The van der Waals surface area contributed by atoms with E-state index in [0.29, 0.717) is 30.2 Å². The van der Waals surface area contributed by atoms with Crippen LogP contribution >= 0.6 is 0 Å². The Morgan fingerprint density at radius 2 is 2.25 bits per heavy atom. The molecule has 0 aromatic carbocycles. The van der Waals surface area contributed by atoms with E-state index in [1.165, 1.54) is 6.20 Å². The molecule has 8 nitrogen and oxygen atoms in total. The minimum Gasteiger partial charge on any atom is -0.359 e. The molecule has 0 bridgehead atoms. The summed E-state index contributed by atoms with van der Waals surface area (Å²) in [6.07, 6.45) is 3.39. The van der Waals surface area contributed by atoms with Crippen LogP contribution in [0.15, 0.2) is 28.9 Å². The van der Waals surface area contributed by atoms with Gasteiger partial charge >= 0.3 is 0 Å². The van der Waals surface area contributed by atoms with Crippen LogP contribution in [-0.2, 0) is 17.8 Å². The zero-order chi connectivity index (χ0) is 20.1. The van der Waals surface area contributed by atoms with Crippen molar-refractivity contribution in [1.29, 1.82) is 0 Å². The first kappa shape index (κ1) is 19.9. The van der Waals surface area contributed by atoms with E-state index in [-0.39, 0.29) is 30.3 Å². The summed E-state index contributed by atoms with van der Waals surface area (Å²) in [5.41, 5.74) is 1.35. The van der Waals surface area contributed by atoms with E-state index in [1.54, 1.807) is 12.1 Å². The molecule has 1 saturated heterocycles. The van der Waals surface area contributed by atoms with Gasteiger partial charge in [-0.2, -0.15) is 0 Å². The van der Waals surface area contributed by atoms with Crippen LogP contribution in [0.1, 0.15) is 49.0 Å². The largest absolute Gasteiger partial charge is 0.359 e. The highest BCUT2D eigenvalue weighted by Crippen LogP contribution is 2.21. The van der Waals surface area contributed by atoms with E-state index in [4.69, 9.17) is 4.52 Å². The molecule has 0 aliphatic carbocycles. The third-order valence-corrected chi connectivity index (χ3v) is 4.73. The molecule has 3 heterocycles. The molecule has 0 radical (unpaired) electrons. The standard InChI is InChI=1S/C20H27N5O3/c1-4-5-15-10-16(28-24-15)12-23-19(26)14-6-7-17(22-11-14)25-9-8-21-20(27)18(25)13(2)3/h6-7,10-11,13,18H,4-5,8-9,12H2,1-3H3,(H,21,27)(H,23,26)/t18-/m0/s1. The highest BCUT2D eigenvalue weighted by molar-refractivity contribution is 5.94. The number of aryl methyl sites for hydroxylation is 1. The van der Waals surface area contributed by atoms with Crippen LogP contribution in [-0.4, -0.2) is 41.1 Å². The van der Waals surface area contributed by atoms with Gasteiger partial charge in [-0.3, -0.25) is 9.59 Å². The van der Waals surface area contributed by atoms with E-state index in [9.17, 15) is 9.59 Å². The predicted octanol–water partition coefficient (Wildman–Crippen LogP) is 1.91. The van der Waals surface area contributed by atoms with Crippen molar-refractivity contribution >= 4 is 17.6 Å². The molecule has 2 aromatic rings. The van der Waals surface area contributed by atoms with Crippen molar-refractivity contribution in [3.8, 4) is 0 Å². The van der Waals surface area contributed by atoms with Gasteiger partial charge in [0, 0.05) is 25.4 Å². The summed E-state index contributed by atoms with van der Waals surface area (Å²) in [6.45, 7) is 7.66. The Morgan fingerprint density at radius 1 is 1.43 bits per heavy atom. The first-order valence-electron chi connectivity index (χ1n) is 9.72. The smallest absolute Gasteiger partial charge is 0.253 e. The number of amides is 2. The number of hydrogen-bond acceptors (Lipinski definition) is 6. The predicted molar refractivity (Wildman–Crippen MR) is 105 cm³/mol. The molecule has 2 N–H and O–H groups in total. The topological polar surface area (TPSA) is 100 Å². The van der Waals surface area contributed by atoms with Gasteiger partial charge in [-0.25, -0.2) is 4.98 Å². The molecule has 2 amide bonds. The summed E-state index contributed by atoms with van der Waals surface area (Å²) in [5.74, 6) is 1.26. The first-order valence-corrected chi connectivity index (χ1v) is 9.72. The van der Waals surface area contributed by atoms with Crippen molar-refractivity contribution in [2.45, 2.75) is 46.2 Å². The molecular weight excluding hydrogens is 358 g/mol. The lowest BCUT2D eigenvalue weighted by molar-refractivity contribution is -0.124. The van der Waals surface area contributed by atoms with E-state index in [2.05, 4.69) is 27.7 Å². The van der Waals surface area contributed by atoms with Crippen LogP contribution in [0, 0.1) is 5.92 Å². The second-order valence-electron chi connectivity index (χ2n) is 7.30. The molecule has 2 aromatic heterocycles. The number of aromatic nitrogens is 2. The highest BCUT2D eigenvalue weighted by Gasteiger charge is 2.32. The molecule has 1 aliphatic rings. The van der Waals surface area contributed by atoms with Gasteiger partial charge in [0.15, 0.2) is 5.76 Å². The second-order valence-corrected chi connectivity index (χ2v) is 7.30. The lowest BCUT2D eigenvalue weighted by Crippen LogP contribution is -2.57. The maximum absolute atomic E-state index is 12.4. The lowest BCUT2D eigenvalue weighted by Gasteiger charge is -2.38. The number of pyridine rings is 1. The number of piperazine rings is 1. The molecule has 0 spiro atoms. The summed E-state index contributed by atoms with van der Waals surface area (Å²) < 4.78 is 5.22. The van der Waals surface area contributed by atoms with Crippen molar-refractivity contribution in [3.05, 3.63) is 41.4 Å². The Kier molecular flexibility index (Phi) is 6.28. The van der Waals surface area contributed by atoms with Crippen LogP contribution < -0.4 is 15.5 Å². The average molecular weight is 385 g/mol. The maximum Gasteiger partial charge on any atom is 0.253 e. The molecule has 3 rings (SSSR count). The van der Waals surface area contributed by atoms with Gasteiger partial charge in [0.1, 0.15) is 11.9 Å². The minimum absolute atomic E-state index is 0.0133. The Labute approximate surface area is 164 Å². The normalized spacial score (nSPS) is 16.9. The third kappa shape index (κ3) is 4.49. The number of carbonyl (C=O) groups excluding carboxylic acids is 2. The third-order valence-electron chi connectivity index (χ3n) is 4.73. The fourth-order valence-electron chi connectivity index (χ4n) is 3.38. The first-order chi connectivity index (χ1) is 13.5. The van der Waals surface area contributed by atoms with Crippen LogP contribution in [0.25, 0.3) is 0 Å². The van der Waals surface area contributed by atoms with E-state index >= 15 is 0 Å². The summed E-state index contributed by atoms with van der Waals surface area (Å²) >= 11 is 0. The number of nitrogens with zero attached hydrogens (tertiary/aromatic N) is 3. The van der Waals surface area contributed by atoms with Gasteiger partial charge in [-0.15, -0.1) is 0 Å². The zero-order valence-corrected chi connectivity index (χ0v) is 16.6. The van der Waals surface area contributed by atoms with Gasteiger partial charge in [-0.1, -0.05) is 32.3 Å². The van der Waals surface area contributed by atoms with Crippen LogP contribution in [0.4, 0.5) is 5.82 Å². The fourth-order valence-corrected chi connectivity index (χ4v) is 3.38. The zero-order valence-electron chi connectivity index (χ0n) is 16.6. The Morgan fingerprint density at radius 3 is 2.93 bits per heavy atom. The van der Waals surface area contributed by atoms with Crippen LogP contribution in [0.5, 0.6) is 0 Å². The van der Waals surface area contributed by atoms with Crippen molar-refractivity contribution < 1.29 is 14.1 Å². The monoisotopic (exact) mass is 385 g/mol. The number of rotatable bonds is 7. The molecule has 1 aliphatic heterocycles. The van der Waals surface area contributed by atoms with Gasteiger partial charge in [0.2, 0.25) is 5.91 Å². The van der Waals surface area contributed by atoms with Gasteiger partial charge < -0.3 is 20.1 Å². The van der Waals surface area contributed by atoms with Crippen molar-refractivity contribution in [2.75, 3.05) is 18.0 Å². The molecule has 28 heavy (non-hydrogen) atoms. The number of anilines is 1. The summed E-state index contributed by atoms with van der Waals surface area (Å²) in [6, 6.07) is 5.12. The van der Waals surface area contributed by atoms with Crippen LogP contribution in [0.3, 0.4) is 0 Å². The molecule has 150 valence electrons. The fraction of sp³-hybridized carbons (Fsp3) is 0.500. The van der Waals surface area contributed by atoms with E-state index in [0.717, 1.165) is 18.5 Å². The van der Waals surface area contributed by atoms with E-state index < -0.39 is 0 Å². The van der Waals surface area contributed by atoms with E-state index in [1.807, 2.05) is 24.8 Å². The summed E-state index contributed by atoms with van der Waals surface area (Å²) in [4.78, 5) is 31.0. The summed E-state index contributed by atoms with van der Waals surface area (Å²) in [5, 5.41) is 9.68. The maximum atomic E-state index is 12.4. The molecule has 0 saturated carbocycles. The minimum atomic E-state index is -0.260. The number of hydrogen-bond donors (Lipinski definition) is 2. The van der Waals surface area contributed by atoms with Gasteiger partial charge in [0.25, 0.3) is 5.91 Å². The quantitative estimate of drug-likeness (QED) is 0.755. The van der Waals surface area contributed by atoms with Gasteiger partial charge in [0.05, 0.1) is 17.8 Å².